The molecular formula is C27H29Cl2N3O4S. The fourth-order valence-electron chi connectivity index (χ4n) is 4.25. The highest BCUT2D eigenvalue weighted by atomic mass is 35.5. The number of anilines is 2. The van der Waals surface area contributed by atoms with E-state index in [9.17, 15) is 13.2 Å². The van der Waals surface area contributed by atoms with Crippen LogP contribution >= 0.6 is 23.2 Å². The number of benzene rings is 3. The van der Waals surface area contributed by atoms with Crippen LogP contribution in [-0.4, -0.2) is 58.3 Å². The normalized spacial score (nSPS) is 13.9. The van der Waals surface area contributed by atoms with Gasteiger partial charge >= 0.3 is 0 Å². The number of hydrogen-bond acceptors (Lipinski definition) is 5. The van der Waals surface area contributed by atoms with E-state index in [0.29, 0.717) is 53.2 Å². The zero-order chi connectivity index (χ0) is 26.6. The van der Waals surface area contributed by atoms with Gasteiger partial charge in [0.05, 0.1) is 18.5 Å². The van der Waals surface area contributed by atoms with Crippen molar-refractivity contribution in [3.8, 4) is 5.75 Å². The van der Waals surface area contributed by atoms with Crippen LogP contribution in [0.5, 0.6) is 5.75 Å². The highest BCUT2D eigenvalue weighted by molar-refractivity contribution is 7.92. The topological polar surface area (TPSA) is 70.2 Å². The first-order chi connectivity index (χ1) is 17.6. The van der Waals surface area contributed by atoms with Gasteiger partial charge in [-0.1, -0.05) is 47.5 Å². The molecule has 4 rings (SSSR count). The Morgan fingerprint density at radius 1 is 0.973 bits per heavy atom. The molecule has 0 spiro atoms. The largest absolute Gasteiger partial charge is 0.484 e. The minimum Gasteiger partial charge on any atom is -0.484 e. The second-order valence-corrected chi connectivity index (χ2v) is 11.7. The molecule has 0 radical (unpaired) electrons. The summed E-state index contributed by atoms with van der Waals surface area (Å²) in [5, 5.41) is 1.19. The van der Waals surface area contributed by atoms with Gasteiger partial charge in [-0.25, -0.2) is 8.42 Å². The number of amides is 1. The average molecular weight is 563 g/mol. The maximum absolute atomic E-state index is 12.7. The maximum atomic E-state index is 12.7. The number of rotatable bonds is 8. The van der Waals surface area contributed by atoms with Crippen molar-refractivity contribution in [1.29, 1.82) is 0 Å². The Morgan fingerprint density at radius 3 is 2.30 bits per heavy atom. The number of sulfonamides is 1. The molecule has 1 saturated heterocycles. The average Bonchev–Trinajstić information content (AvgIpc) is 2.88. The molecule has 1 aliphatic heterocycles. The third-order valence-electron chi connectivity index (χ3n) is 6.30. The summed E-state index contributed by atoms with van der Waals surface area (Å²) in [5.74, 6) is 0.388. The summed E-state index contributed by atoms with van der Waals surface area (Å²) in [6, 6.07) is 19.6. The molecule has 196 valence electrons. The maximum Gasteiger partial charge on any atom is 0.260 e. The van der Waals surface area contributed by atoms with E-state index < -0.39 is 10.0 Å². The van der Waals surface area contributed by atoms with E-state index in [4.69, 9.17) is 27.9 Å². The lowest BCUT2D eigenvalue weighted by Gasteiger charge is -2.36. The summed E-state index contributed by atoms with van der Waals surface area (Å²) < 4.78 is 31.9. The Kier molecular flexibility index (Phi) is 8.52. The Bertz CT molecular complexity index is 1360. The number of piperazine rings is 1. The molecule has 3 aromatic rings. The molecule has 10 heteroatoms. The van der Waals surface area contributed by atoms with Gasteiger partial charge in [0.1, 0.15) is 5.75 Å². The lowest BCUT2D eigenvalue weighted by atomic mass is 10.1. The van der Waals surface area contributed by atoms with Crippen molar-refractivity contribution >= 4 is 50.5 Å². The quantitative estimate of drug-likeness (QED) is 0.387. The first kappa shape index (κ1) is 27.1. The fraction of sp³-hybridized carbons (Fsp3) is 0.296. The Balaban J connectivity index is 1.33. The van der Waals surface area contributed by atoms with Gasteiger partial charge in [-0.3, -0.25) is 9.10 Å². The van der Waals surface area contributed by atoms with Crippen LogP contribution in [0.3, 0.4) is 0 Å². The molecule has 0 aliphatic carbocycles. The summed E-state index contributed by atoms with van der Waals surface area (Å²) >= 11 is 12.4. The summed E-state index contributed by atoms with van der Waals surface area (Å²) in [6.45, 7) is 4.69. The summed E-state index contributed by atoms with van der Waals surface area (Å²) in [4.78, 5) is 16.8. The number of halogens is 2. The second kappa shape index (κ2) is 11.6. The van der Waals surface area contributed by atoms with Crippen molar-refractivity contribution in [3.05, 3.63) is 87.9 Å². The van der Waals surface area contributed by atoms with Gasteiger partial charge in [-0.2, -0.15) is 0 Å². The van der Waals surface area contributed by atoms with Gasteiger partial charge in [0.2, 0.25) is 10.0 Å². The van der Waals surface area contributed by atoms with Crippen LogP contribution in [0, 0.1) is 6.92 Å². The van der Waals surface area contributed by atoms with Gasteiger partial charge in [-0.05, 0) is 60.5 Å². The SMILES string of the molecule is Cc1ccc(Cl)cc1N1CCN(C(=O)COc2ccc(N(Cc3ccccc3Cl)S(C)(=O)=O)cc2)CC1. The van der Waals surface area contributed by atoms with Crippen LogP contribution in [0.15, 0.2) is 66.7 Å². The first-order valence-electron chi connectivity index (χ1n) is 11.8. The van der Waals surface area contributed by atoms with Crippen molar-refractivity contribution in [3.63, 3.8) is 0 Å². The molecule has 0 saturated carbocycles. The Hall–Kier alpha value is -2.94. The lowest BCUT2D eigenvalue weighted by Crippen LogP contribution is -2.50. The van der Waals surface area contributed by atoms with Crippen molar-refractivity contribution in [2.24, 2.45) is 0 Å². The fourth-order valence-corrected chi connectivity index (χ4v) is 5.49. The number of carbonyl (C=O) groups is 1. The van der Waals surface area contributed by atoms with Gasteiger partial charge in [0.15, 0.2) is 6.61 Å². The van der Waals surface area contributed by atoms with Gasteiger partial charge in [0.25, 0.3) is 5.91 Å². The van der Waals surface area contributed by atoms with E-state index in [2.05, 4.69) is 4.90 Å². The summed E-state index contributed by atoms with van der Waals surface area (Å²) in [7, 11) is -3.55. The molecule has 0 atom stereocenters. The standard InChI is InChI=1S/C27H29Cl2N3O4S/c1-20-7-8-22(28)17-26(20)30-13-15-31(16-14-30)27(33)19-36-24-11-9-23(10-12-24)32(37(2,34)35)18-21-5-3-4-6-25(21)29/h3-12,17H,13-16,18-19H2,1-2H3. The molecule has 37 heavy (non-hydrogen) atoms. The molecule has 1 fully saturated rings. The minimum absolute atomic E-state index is 0.0923. The predicted molar refractivity (Wildman–Crippen MR) is 149 cm³/mol. The number of carbonyl (C=O) groups excluding carboxylic acids is 1. The molecule has 1 heterocycles. The molecule has 0 aromatic heterocycles. The minimum atomic E-state index is -3.55. The highest BCUT2D eigenvalue weighted by Gasteiger charge is 2.23. The third-order valence-corrected chi connectivity index (χ3v) is 8.05. The smallest absolute Gasteiger partial charge is 0.260 e. The zero-order valence-electron chi connectivity index (χ0n) is 20.7. The van der Waals surface area contributed by atoms with E-state index >= 15 is 0 Å². The van der Waals surface area contributed by atoms with Crippen LogP contribution in [0.1, 0.15) is 11.1 Å². The summed E-state index contributed by atoms with van der Waals surface area (Å²) in [6.07, 6.45) is 1.15. The lowest BCUT2D eigenvalue weighted by molar-refractivity contribution is -0.133. The Labute approximate surface area is 228 Å². The second-order valence-electron chi connectivity index (χ2n) is 8.94. The van der Waals surface area contributed by atoms with E-state index in [0.717, 1.165) is 17.5 Å². The van der Waals surface area contributed by atoms with Crippen LogP contribution < -0.4 is 13.9 Å². The van der Waals surface area contributed by atoms with Crippen LogP contribution in [0.2, 0.25) is 10.0 Å². The number of nitrogens with zero attached hydrogens (tertiary/aromatic N) is 3. The molecule has 0 N–H and O–H groups in total. The van der Waals surface area contributed by atoms with E-state index in [1.807, 2.05) is 31.2 Å². The van der Waals surface area contributed by atoms with Crippen LogP contribution in [0.25, 0.3) is 0 Å². The third kappa shape index (κ3) is 6.89. The van der Waals surface area contributed by atoms with Crippen LogP contribution in [0.4, 0.5) is 11.4 Å². The summed E-state index contributed by atoms with van der Waals surface area (Å²) in [5.41, 5.74) is 3.42. The van der Waals surface area contributed by atoms with Gasteiger partial charge in [0, 0.05) is 41.9 Å². The Morgan fingerprint density at radius 2 is 1.65 bits per heavy atom. The van der Waals surface area contributed by atoms with E-state index in [1.54, 1.807) is 47.4 Å². The van der Waals surface area contributed by atoms with E-state index in [-0.39, 0.29) is 19.1 Å². The molecule has 0 unspecified atom stereocenters. The zero-order valence-corrected chi connectivity index (χ0v) is 23.1. The van der Waals surface area contributed by atoms with Crippen molar-refractivity contribution < 1.29 is 17.9 Å². The van der Waals surface area contributed by atoms with Crippen LogP contribution in [-0.2, 0) is 21.4 Å². The molecule has 3 aromatic carbocycles. The molecule has 1 aliphatic rings. The van der Waals surface area contributed by atoms with Gasteiger partial charge in [-0.15, -0.1) is 0 Å². The highest BCUT2D eigenvalue weighted by Crippen LogP contribution is 2.27. The molecular weight excluding hydrogens is 533 g/mol. The van der Waals surface area contributed by atoms with Gasteiger partial charge < -0.3 is 14.5 Å². The predicted octanol–water partition coefficient (Wildman–Crippen LogP) is 5.00. The number of aryl methyl sites for hydroxylation is 1. The number of hydrogen-bond donors (Lipinski definition) is 0. The molecule has 7 nitrogen and oxygen atoms in total. The van der Waals surface area contributed by atoms with Crippen molar-refractivity contribution in [2.75, 3.05) is 48.2 Å². The first-order valence-corrected chi connectivity index (χ1v) is 14.4. The monoisotopic (exact) mass is 561 g/mol. The van der Waals surface area contributed by atoms with Crippen molar-refractivity contribution in [1.82, 2.24) is 4.90 Å². The van der Waals surface area contributed by atoms with Crippen molar-refractivity contribution in [2.45, 2.75) is 13.5 Å². The molecule has 0 bridgehead atoms. The molecule has 1 amide bonds. The van der Waals surface area contributed by atoms with E-state index in [1.165, 1.54) is 4.31 Å². The number of ether oxygens (including phenoxy) is 1.